The van der Waals surface area contributed by atoms with Crippen LogP contribution in [0.1, 0.15) is 12.8 Å². The number of amides is 1. The zero-order valence-electron chi connectivity index (χ0n) is 19.6. The Morgan fingerprint density at radius 2 is 1.79 bits per heavy atom. The maximum Gasteiger partial charge on any atom is 0.220 e. The predicted octanol–water partition coefficient (Wildman–Crippen LogP) is 3.93. The van der Waals surface area contributed by atoms with E-state index in [0.29, 0.717) is 31.7 Å². The van der Waals surface area contributed by atoms with E-state index in [4.69, 9.17) is 10.5 Å². The Bertz CT molecular complexity index is 1240. The number of anilines is 1. The van der Waals surface area contributed by atoms with Gasteiger partial charge in [0.2, 0.25) is 5.91 Å². The van der Waals surface area contributed by atoms with E-state index in [-0.39, 0.29) is 5.91 Å². The number of aromatic nitrogens is 3. The highest BCUT2D eigenvalue weighted by molar-refractivity contribution is 6.00. The molecule has 0 radical (unpaired) electrons. The molecule has 0 spiro atoms. The Hall–Kier alpha value is -3.91. The summed E-state index contributed by atoms with van der Waals surface area (Å²) in [7, 11) is 3.97. The lowest BCUT2D eigenvalue weighted by Gasteiger charge is -2.10. The summed E-state index contributed by atoms with van der Waals surface area (Å²) in [6.45, 7) is 2.13. The SMILES string of the molecule is CN(C)CCNC(=O)CCCn1cc(-c2ccc(Oc3ccccc3)cc2)c2c(N)ncnc21. The first-order valence-corrected chi connectivity index (χ1v) is 11.4. The van der Waals surface area contributed by atoms with Gasteiger partial charge >= 0.3 is 0 Å². The van der Waals surface area contributed by atoms with Crippen LogP contribution in [0.2, 0.25) is 0 Å². The minimum atomic E-state index is 0.0571. The molecule has 0 aliphatic heterocycles. The zero-order valence-corrected chi connectivity index (χ0v) is 19.6. The summed E-state index contributed by atoms with van der Waals surface area (Å²) in [6.07, 6.45) is 4.66. The quantitative estimate of drug-likeness (QED) is 0.374. The molecule has 0 atom stereocenters. The number of benzene rings is 2. The third-order valence-electron chi connectivity index (χ3n) is 5.51. The Morgan fingerprint density at radius 3 is 2.53 bits per heavy atom. The topological polar surface area (TPSA) is 98.3 Å². The van der Waals surface area contributed by atoms with Gasteiger partial charge in [-0.2, -0.15) is 0 Å². The number of aryl methyl sites for hydroxylation is 1. The van der Waals surface area contributed by atoms with E-state index in [0.717, 1.165) is 40.2 Å². The van der Waals surface area contributed by atoms with Gasteiger partial charge in [0.05, 0.1) is 5.39 Å². The maximum absolute atomic E-state index is 12.1. The predicted molar refractivity (Wildman–Crippen MR) is 135 cm³/mol. The second-order valence-corrected chi connectivity index (χ2v) is 8.39. The van der Waals surface area contributed by atoms with Crippen LogP contribution in [0.25, 0.3) is 22.2 Å². The van der Waals surface area contributed by atoms with Crippen molar-refractivity contribution >= 4 is 22.8 Å². The van der Waals surface area contributed by atoms with Crippen LogP contribution in [0.5, 0.6) is 11.5 Å². The molecule has 34 heavy (non-hydrogen) atoms. The minimum Gasteiger partial charge on any atom is -0.457 e. The standard InChI is InChI=1S/C26H30N6O2/c1-31(2)16-14-28-23(33)9-6-15-32-17-22(24-25(27)29-18-30-26(24)32)19-10-12-21(13-11-19)34-20-7-4-3-5-8-20/h3-5,7-8,10-13,17-18H,6,9,14-16H2,1-2H3,(H,28,33)(H2,27,29,30). The van der Waals surface area contributed by atoms with Crippen LogP contribution in [0.3, 0.4) is 0 Å². The molecule has 0 saturated carbocycles. The number of nitrogens with zero attached hydrogens (tertiary/aromatic N) is 4. The van der Waals surface area contributed by atoms with Crippen molar-refractivity contribution in [1.82, 2.24) is 24.8 Å². The van der Waals surface area contributed by atoms with E-state index in [2.05, 4.69) is 15.3 Å². The number of carbonyl (C=O) groups is 1. The van der Waals surface area contributed by atoms with Gasteiger partial charge in [-0.1, -0.05) is 30.3 Å². The van der Waals surface area contributed by atoms with Crippen molar-refractivity contribution in [3.63, 3.8) is 0 Å². The number of likely N-dealkylation sites (N-methyl/N-ethyl adjacent to an activating group) is 1. The third kappa shape index (κ3) is 5.71. The van der Waals surface area contributed by atoms with Gasteiger partial charge < -0.3 is 25.3 Å². The average molecular weight is 459 g/mol. The van der Waals surface area contributed by atoms with Gasteiger partial charge in [0.25, 0.3) is 0 Å². The highest BCUT2D eigenvalue weighted by Gasteiger charge is 2.15. The Morgan fingerprint density at radius 1 is 1.06 bits per heavy atom. The van der Waals surface area contributed by atoms with Crippen LogP contribution in [-0.4, -0.2) is 52.5 Å². The second kappa shape index (κ2) is 10.8. The van der Waals surface area contributed by atoms with E-state index in [1.807, 2.05) is 84.4 Å². The van der Waals surface area contributed by atoms with Gasteiger partial charge in [-0.15, -0.1) is 0 Å². The normalized spacial score (nSPS) is 11.1. The van der Waals surface area contributed by atoms with Gasteiger partial charge in [-0.25, -0.2) is 9.97 Å². The first-order valence-electron chi connectivity index (χ1n) is 11.4. The van der Waals surface area contributed by atoms with Crippen molar-refractivity contribution in [1.29, 1.82) is 0 Å². The van der Waals surface area contributed by atoms with Crippen LogP contribution in [0.15, 0.2) is 67.1 Å². The summed E-state index contributed by atoms with van der Waals surface area (Å²) in [6, 6.07) is 17.5. The molecule has 4 rings (SSSR count). The largest absolute Gasteiger partial charge is 0.457 e. The first-order chi connectivity index (χ1) is 16.5. The molecule has 0 fully saturated rings. The number of fused-ring (bicyclic) bond motifs is 1. The van der Waals surface area contributed by atoms with Gasteiger partial charge in [0.15, 0.2) is 0 Å². The Labute approximate surface area is 199 Å². The number of nitrogens with one attached hydrogen (secondary N) is 1. The fraction of sp³-hybridized carbons (Fsp3) is 0.269. The maximum atomic E-state index is 12.1. The summed E-state index contributed by atoms with van der Waals surface area (Å²) < 4.78 is 7.95. The molecule has 176 valence electrons. The molecule has 8 heteroatoms. The van der Waals surface area contributed by atoms with Crippen molar-refractivity contribution < 1.29 is 9.53 Å². The smallest absolute Gasteiger partial charge is 0.220 e. The summed E-state index contributed by atoms with van der Waals surface area (Å²) in [5.74, 6) is 2.03. The molecule has 0 aliphatic carbocycles. The van der Waals surface area contributed by atoms with Crippen molar-refractivity contribution in [2.75, 3.05) is 32.9 Å². The fourth-order valence-corrected chi connectivity index (χ4v) is 3.78. The lowest BCUT2D eigenvalue weighted by molar-refractivity contribution is -0.121. The van der Waals surface area contributed by atoms with Crippen LogP contribution in [-0.2, 0) is 11.3 Å². The lowest BCUT2D eigenvalue weighted by Crippen LogP contribution is -2.31. The number of nitrogen functional groups attached to an aromatic ring is 1. The highest BCUT2D eigenvalue weighted by Crippen LogP contribution is 2.34. The molecule has 0 saturated heterocycles. The van der Waals surface area contributed by atoms with Gasteiger partial charge in [-0.05, 0) is 50.3 Å². The van der Waals surface area contributed by atoms with Crippen molar-refractivity contribution in [3.05, 3.63) is 67.1 Å². The van der Waals surface area contributed by atoms with Crippen LogP contribution in [0, 0.1) is 0 Å². The number of para-hydroxylation sites is 1. The molecule has 1 amide bonds. The van der Waals surface area contributed by atoms with Gasteiger partial charge in [0.1, 0.15) is 29.3 Å². The molecule has 2 heterocycles. The number of carbonyl (C=O) groups excluding carboxylic acids is 1. The van der Waals surface area contributed by atoms with E-state index in [1.165, 1.54) is 6.33 Å². The molecule has 0 bridgehead atoms. The number of ether oxygens (including phenoxy) is 1. The molecule has 3 N–H and O–H groups in total. The van der Waals surface area contributed by atoms with Crippen LogP contribution < -0.4 is 15.8 Å². The molecular formula is C26H30N6O2. The van der Waals surface area contributed by atoms with Crippen molar-refractivity contribution in [2.24, 2.45) is 0 Å². The Balaban J connectivity index is 1.48. The minimum absolute atomic E-state index is 0.0571. The van der Waals surface area contributed by atoms with Crippen molar-refractivity contribution in [2.45, 2.75) is 19.4 Å². The third-order valence-corrected chi connectivity index (χ3v) is 5.51. The first kappa shape index (κ1) is 23.3. The van der Waals surface area contributed by atoms with E-state index >= 15 is 0 Å². The average Bonchev–Trinajstić information content (AvgIpc) is 3.20. The molecule has 4 aromatic rings. The summed E-state index contributed by atoms with van der Waals surface area (Å²) in [5.41, 5.74) is 8.95. The van der Waals surface area contributed by atoms with Crippen molar-refractivity contribution in [3.8, 4) is 22.6 Å². The summed E-state index contributed by atoms with van der Waals surface area (Å²) in [5, 5.41) is 3.77. The number of hydrogen-bond donors (Lipinski definition) is 2. The highest BCUT2D eigenvalue weighted by atomic mass is 16.5. The fourth-order valence-electron chi connectivity index (χ4n) is 3.78. The Kier molecular flexibility index (Phi) is 7.39. The van der Waals surface area contributed by atoms with Crippen LogP contribution >= 0.6 is 0 Å². The summed E-state index contributed by atoms with van der Waals surface area (Å²) >= 11 is 0. The molecule has 2 aromatic carbocycles. The second-order valence-electron chi connectivity index (χ2n) is 8.39. The van der Waals surface area contributed by atoms with E-state index < -0.39 is 0 Å². The number of nitrogens with two attached hydrogens (primary N) is 1. The zero-order chi connectivity index (χ0) is 23.9. The summed E-state index contributed by atoms with van der Waals surface area (Å²) in [4.78, 5) is 22.8. The molecular weight excluding hydrogens is 428 g/mol. The van der Waals surface area contributed by atoms with Gasteiger partial charge in [0, 0.05) is 37.8 Å². The van der Waals surface area contributed by atoms with Gasteiger partial charge in [-0.3, -0.25) is 4.79 Å². The lowest BCUT2D eigenvalue weighted by atomic mass is 10.1. The molecule has 2 aromatic heterocycles. The monoisotopic (exact) mass is 458 g/mol. The molecule has 0 unspecified atom stereocenters. The number of rotatable bonds is 10. The number of hydrogen-bond acceptors (Lipinski definition) is 6. The molecule has 0 aliphatic rings. The van der Waals surface area contributed by atoms with E-state index in [1.54, 1.807) is 0 Å². The van der Waals surface area contributed by atoms with E-state index in [9.17, 15) is 4.79 Å². The van der Waals surface area contributed by atoms with Crippen LogP contribution in [0.4, 0.5) is 5.82 Å². The molecule has 8 nitrogen and oxygen atoms in total.